The fourth-order valence-electron chi connectivity index (χ4n) is 1.87. The molecule has 0 aliphatic carbocycles. The third-order valence-electron chi connectivity index (χ3n) is 2.91. The minimum absolute atomic E-state index is 0.130. The van der Waals surface area contributed by atoms with Gasteiger partial charge in [0, 0.05) is 17.8 Å². The van der Waals surface area contributed by atoms with Crippen molar-refractivity contribution in [3.8, 4) is 5.75 Å². The number of primary amides is 1. The highest BCUT2D eigenvalue weighted by Crippen LogP contribution is 2.20. The number of methoxy groups -OCH3 is 1. The summed E-state index contributed by atoms with van der Waals surface area (Å²) in [6.07, 6.45) is 0. The lowest BCUT2D eigenvalue weighted by Crippen LogP contribution is -2.13. The topological polar surface area (TPSA) is 64.3 Å². The zero-order chi connectivity index (χ0) is 14.5. The fraction of sp³-hybridized carbons (Fsp3) is 0.133. The van der Waals surface area contributed by atoms with Crippen LogP contribution in [0, 0.1) is 5.82 Å². The number of rotatable bonds is 5. The maximum absolute atomic E-state index is 13.4. The maximum atomic E-state index is 13.4. The molecule has 0 bridgehead atoms. The Bertz CT molecular complexity index is 629. The zero-order valence-electron chi connectivity index (χ0n) is 11.0. The molecule has 0 atom stereocenters. The van der Waals surface area contributed by atoms with Crippen LogP contribution in [-0.4, -0.2) is 13.0 Å². The number of benzene rings is 2. The predicted molar refractivity (Wildman–Crippen MR) is 75.2 cm³/mol. The predicted octanol–water partition coefficient (Wildman–Crippen LogP) is 2.55. The van der Waals surface area contributed by atoms with Crippen molar-refractivity contribution in [3.05, 3.63) is 59.4 Å². The van der Waals surface area contributed by atoms with Gasteiger partial charge in [-0.3, -0.25) is 4.79 Å². The maximum Gasteiger partial charge on any atom is 0.251 e. The number of carbonyl (C=O) groups excluding carboxylic acids is 1. The molecule has 2 aromatic rings. The number of hydrogen-bond donors (Lipinski definition) is 2. The van der Waals surface area contributed by atoms with Crippen molar-refractivity contribution in [1.82, 2.24) is 0 Å². The molecule has 5 heteroatoms. The largest absolute Gasteiger partial charge is 0.496 e. The van der Waals surface area contributed by atoms with Gasteiger partial charge in [0.15, 0.2) is 0 Å². The monoisotopic (exact) mass is 274 g/mol. The Labute approximate surface area is 116 Å². The van der Waals surface area contributed by atoms with E-state index in [-0.39, 0.29) is 5.56 Å². The van der Waals surface area contributed by atoms with E-state index < -0.39 is 11.7 Å². The zero-order valence-corrected chi connectivity index (χ0v) is 11.0. The summed E-state index contributed by atoms with van der Waals surface area (Å²) in [6, 6.07) is 11.7. The molecule has 0 saturated heterocycles. The van der Waals surface area contributed by atoms with Gasteiger partial charge in [-0.15, -0.1) is 0 Å². The number of halogens is 1. The molecular formula is C15H15FN2O2. The number of para-hydroxylation sites is 1. The van der Waals surface area contributed by atoms with Crippen molar-refractivity contribution in [2.45, 2.75) is 6.54 Å². The Balaban J connectivity index is 2.15. The highest BCUT2D eigenvalue weighted by Gasteiger charge is 2.09. The van der Waals surface area contributed by atoms with Crippen LogP contribution in [0.15, 0.2) is 42.5 Å². The Kier molecular flexibility index (Phi) is 4.20. The molecule has 104 valence electrons. The average molecular weight is 274 g/mol. The Morgan fingerprint density at radius 1 is 1.30 bits per heavy atom. The van der Waals surface area contributed by atoms with Gasteiger partial charge in [0.2, 0.25) is 0 Å². The second kappa shape index (κ2) is 6.06. The Hall–Kier alpha value is -2.56. The molecule has 0 aliphatic heterocycles. The van der Waals surface area contributed by atoms with Gasteiger partial charge in [0.1, 0.15) is 11.6 Å². The van der Waals surface area contributed by atoms with Crippen LogP contribution in [0.1, 0.15) is 15.9 Å². The minimum Gasteiger partial charge on any atom is -0.496 e. The van der Waals surface area contributed by atoms with E-state index in [0.717, 1.165) is 11.3 Å². The molecule has 0 radical (unpaired) electrons. The van der Waals surface area contributed by atoms with E-state index in [4.69, 9.17) is 10.5 Å². The molecule has 0 aliphatic rings. The third kappa shape index (κ3) is 3.06. The lowest BCUT2D eigenvalue weighted by molar-refractivity contribution is 0.0996. The molecule has 4 nitrogen and oxygen atoms in total. The van der Waals surface area contributed by atoms with Crippen LogP contribution in [0.3, 0.4) is 0 Å². The normalized spacial score (nSPS) is 10.1. The van der Waals surface area contributed by atoms with Gasteiger partial charge in [0.25, 0.3) is 5.91 Å². The van der Waals surface area contributed by atoms with Crippen LogP contribution < -0.4 is 15.8 Å². The van der Waals surface area contributed by atoms with Crippen molar-refractivity contribution in [2.75, 3.05) is 12.4 Å². The molecule has 0 saturated carbocycles. The van der Waals surface area contributed by atoms with E-state index in [1.54, 1.807) is 13.2 Å². The van der Waals surface area contributed by atoms with Gasteiger partial charge >= 0.3 is 0 Å². The first-order valence-electron chi connectivity index (χ1n) is 6.07. The van der Waals surface area contributed by atoms with E-state index >= 15 is 0 Å². The molecule has 20 heavy (non-hydrogen) atoms. The van der Waals surface area contributed by atoms with Crippen molar-refractivity contribution >= 4 is 11.6 Å². The smallest absolute Gasteiger partial charge is 0.251 e. The van der Waals surface area contributed by atoms with Crippen molar-refractivity contribution < 1.29 is 13.9 Å². The summed E-state index contributed by atoms with van der Waals surface area (Å²) in [7, 11) is 1.60. The summed E-state index contributed by atoms with van der Waals surface area (Å²) < 4.78 is 18.6. The first-order valence-corrected chi connectivity index (χ1v) is 6.07. The van der Waals surface area contributed by atoms with Crippen molar-refractivity contribution in [2.24, 2.45) is 5.73 Å². The molecule has 1 amide bonds. The second-order valence-electron chi connectivity index (χ2n) is 4.22. The number of nitrogens with one attached hydrogen (secondary N) is 1. The van der Waals surface area contributed by atoms with Crippen LogP contribution in [0.5, 0.6) is 5.75 Å². The van der Waals surface area contributed by atoms with Crippen LogP contribution >= 0.6 is 0 Å². The Morgan fingerprint density at radius 2 is 2.05 bits per heavy atom. The van der Waals surface area contributed by atoms with Gasteiger partial charge in [0.05, 0.1) is 12.7 Å². The standard InChI is InChI=1S/C15H15FN2O2/c1-20-14-5-3-2-4-10(14)9-18-11-6-7-13(16)12(8-11)15(17)19/h2-8,18H,9H2,1H3,(H2,17,19). The van der Waals surface area contributed by atoms with E-state index in [9.17, 15) is 9.18 Å². The van der Waals surface area contributed by atoms with Gasteiger partial charge in [-0.25, -0.2) is 4.39 Å². The lowest BCUT2D eigenvalue weighted by atomic mass is 10.1. The van der Waals surface area contributed by atoms with E-state index in [0.29, 0.717) is 12.2 Å². The van der Waals surface area contributed by atoms with Gasteiger partial charge in [-0.05, 0) is 24.3 Å². The summed E-state index contributed by atoms with van der Waals surface area (Å²) in [4.78, 5) is 11.1. The van der Waals surface area contributed by atoms with Crippen LogP contribution in [0.2, 0.25) is 0 Å². The van der Waals surface area contributed by atoms with Gasteiger partial charge in [-0.1, -0.05) is 18.2 Å². The highest BCUT2D eigenvalue weighted by molar-refractivity contribution is 5.94. The molecule has 0 heterocycles. The van der Waals surface area contributed by atoms with Crippen LogP contribution in [0.4, 0.5) is 10.1 Å². The van der Waals surface area contributed by atoms with E-state index in [1.165, 1.54) is 12.1 Å². The molecule has 3 N–H and O–H groups in total. The summed E-state index contributed by atoms with van der Waals surface area (Å²) in [5, 5.41) is 3.10. The molecular weight excluding hydrogens is 259 g/mol. The summed E-state index contributed by atoms with van der Waals surface area (Å²) in [5.41, 5.74) is 6.56. The summed E-state index contributed by atoms with van der Waals surface area (Å²) in [6.45, 7) is 0.494. The SMILES string of the molecule is COc1ccccc1CNc1ccc(F)c(C(N)=O)c1. The molecule has 2 aromatic carbocycles. The van der Waals surface area contributed by atoms with Crippen LogP contribution in [-0.2, 0) is 6.54 Å². The number of hydrogen-bond acceptors (Lipinski definition) is 3. The fourth-order valence-corrected chi connectivity index (χ4v) is 1.87. The van der Waals surface area contributed by atoms with Gasteiger partial charge < -0.3 is 15.8 Å². The van der Waals surface area contributed by atoms with Gasteiger partial charge in [-0.2, -0.15) is 0 Å². The minimum atomic E-state index is -0.788. The second-order valence-corrected chi connectivity index (χ2v) is 4.22. The quantitative estimate of drug-likeness (QED) is 0.880. The van der Waals surface area contributed by atoms with Crippen molar-refractivity contribution in [3.63, 3.8) is 0 Å². The molecule has 2 rings (SSSR count). The van der Waals surface area contributed by atoms with E-state index in [1.807, 2.05) is 24.3 Å². The number of amides is 1. The van der Waals surface area contributed by atoms with Crippen LogP contribution in [0.25, 0.3) is 0 Å². The molecule has 0 aromatic heterocycles. The molecule has 0 spiro atoms. The third-order valence-corrected chi connectivity index (χ3v) is 2.91. The summed E-state index contributed by atoms with van der Waals surface area (Å²) >= 11 is 0. The first-order chi connectivity index (χ1) is 9.61. The average Bonchev–Trinajstić information content (AvgIpc) is 2.46. The lowest BCUT2D eigenvalue weighted by Gasteiger charge is -2.11. The number of ether oxygens (including phenoxy) is 1. The highest BCUT2D eigenvalue weighted by atomic mass is 19.1. The van der Waals surface area contributed by atoms with Crippen molar-refractivity contribution in [1.29, 1.82) is 0 Å². The molecule has 0 fully saturated rings. The number of anilines is 1. The van der Waals surface area contributed by atoms with E-state index in [2.05, 4.69) is 5.32 Å². The first kappa shape index (κ1) is 13.9. The summed E-state index contributed by atoms with van der Waals surface area (Å²) in [5.74, 6) is -0.652. The molecule has 0 unspecified atom stereocenters. The number of carbonyl (C=O) groups is 1. The number of nitrogens with two attached hydrogens (primary N) is 1. The Morgan fingerprint density at radius 3 is 2.75 bits per heavy atom.